The summed E-state index contributed by atoms with van der Waals surface area (Å²) in [5.74, 6) is 0.656. The van der Waals surface area contributed by atoms with Crippen LogP contribution in [0.1, 0.15) is 15.1 Å². The molecule has 0 N–H and O–H groups in total. The van der Waals surface area contributed by atoms with Crippen molar-refractivity contribution in [3.05, 3.63) is 206 Å². The maximum absolute atomic E-state index is 9.74. The molecule has 0 aliphatic rings. The fraction of sp³-hybridized carbons (Fsp3) is 0. The van der Waals surface area contributed by atoms with Gasteiger partial charge in [-0.3, -0.25) is 0 Å². The predicted molar refractivity (Wildman–Crippen MR) is 256 cm³/mol. The number of hydrogen-bond acceptors (Lipinski definition) is 5. The monoisotopic (exact) mass is 817 g/mol. The predicted octanol–water partition coefficient (Wildman–Crippen LogP) is 15.1. The molecule has 4 heterocycles. The van der Waals surface area contributed by atoms with Crippen LogP contribution in [0.2, 0.25) is 0 Å². The van der Waals surface area contributed by atoms with E-state index in [4.69, 9.17) is 36.1 Å². The van der Waals surface area contributed by atoms with E-state index in [-0.39, 0.29) is 96.9 Å². The highest BCUT2D eigenvalue weighted by atomic mass is 16.3. The Morgan fingerprint density at radius 1 is 0.381 bits per heavy atom. The summed E-state index contributed by atoms with van der Waals surface area (Å²) in [5, 5.41) is 2.04. The van der Waals surface area contributed by atoms with Crippen LogP contribution in [0.3, 0.4) is 0 Å². The Hall–Kier alpha value is -8.61. The Morgan fingerprint density at radius 3 is 1.87 bits per heavy atom. The molecule has 0 amide bonds. The van der Waals surface area contributed by atoms with Gasteiger partial charge in [-0.25, -0.2) is 15.0 Å². The molecule has 0 fully saturated rings. The van der Waals surface area contributed by atoms with Gasteiger partial charge in [0, 0.05) is 60.7 Å². The topological polar surface area (TPSA) is 69.9 Å². The van der Waals surface area contributed by atoms with Crippen molar-refractivity contribution in [2.75, 3.05) is 0 Å². The Labute approximate surface area is 376 Å². The Morgan fingerprint density at radius 2 is 1.03 bits per heavy atom. The first-order chi connectivity index (χ1) is 35.8. The van der Waals surface area contributed by atoms with Crippen LogP contribution in [0.4, 0.5) is 0 Å². The van der Waals surface area contributed by atoms with E-state index in [1.165, 1.54) is 16.7 Å². The summed E-state index contributed by atoms with van der Waals surface area (Å²) < 4.78 is 113. The van der Waals surface area contributed by atoms with E-state index in [0.717, 1.165) is 39.1 Å². The van der Waals surface area contributed by atoms with Gasteiger partial charge in [-0.1, -0.05) is 152 Å². The standard InChI is InChI=1S/C57H34N4O2/c1-3-13-35(14-4-1)36-25-27-38(28-26-36)55-58-56(39-29-31-44-51(33-39)62-49-23-11-19-41(53(44)49)37-15-5-2-6-16-37)60-57(59-55)46-20-12-24-50-54(46)45-32-30-40(34-52(45)63-50)61-47-21-9-7-17-42(47)43-18-8-10-22-48(43)61/h1-34H/i7D,8D,9D,12D,17D,18D,21D,22D,24D,30D,34D. The summed E-state index contributed by atoms with van der Waals surface area (Å²) in [6.45, 7) is 0. The van der Waals surface area contributed by atoms with Gasteiger partial charge >= 0.3 is 0 Å². The average Bonchev–Trinajstić information content (AvgIpc) is 4.13. The van der Waals surface area contributed by atoms with Gasteiger partial charge in [0.15, 0.2) is 17.5 Å². The highest BCUT2D eigenvalue weighted by Gasteiger charge is 2.21. The molecule has 0 aliphatic heterocycles. The number of benzene rings is 9. The van der Waals surface area contributed by atoms with E-state index in [2.05, 4.69) is 18.2 Å². The lowest BCUT2D eigenvalue weighted by Gasteiger charge is -2.10. The van der Waals surface area contributed by atoms with Gasteiger partial charge in [0.2, 0.25) is 0 Å². The Kier molecular flexibility index (Phi) is 5.74. The highest BCUT2D eigenvalue weighted by molar-refractivity contribution is 6.14. The molecule has 0 saturated heterocycles. The minimum atomic E-state index is -0.608. The number of para-hydroxylation sites is 2. The van der Waals surface area contributed by atoms with Crippen molar-refractivity contribution >= 4 is 65.7 Å². The summed E-state index contributed by atoms with van der Waals surface area (Å²) in [6.07, 6.45) is 0. The zero-order chi connectivity index (χ0) is 51.0. The molecular weight excluding hydrogens is 773 g/mol. The van der Waals surface area contributed by atoms with Crippen LogP contribution in [0.15, 0.2) is 215 Å². The van der Waals surface area contributed by atoms with E-state index in [1.807, 2.05) is 103 Å². The molecule has 0 radical (unpaired) electrons. The lowest BCUT2D eigenvalue weighted by Crippen LogP contribution is -2.00. The number of rotatable bonds is 6. The van der Waals surface area contributed by atoms with E-state index in [1.54, 1.807) is 0 Å². The van der Waals surface area contributed by atoms with Gasteiger partial charge in [0.05, 0.1) is 26.1 Å². The van der Waals surface area contributed by atoms with Gasteiger partial charge in [0.1, 0.15) is 22.3 Å². The number of nitrogens with zero attached hydrogens (tertiary/aromatic N) is 4. The number of hydrogen-bond donors (Lipinski definition) is 0. The summed E-state index contributed by atoms with van der Waals surface area (Å²) in [4.78, 5) is 15.1. The largest absolute Gasteiger partial charge is 0.456 e. The maximum atomic E-state index is 9.74. The second kappa shape index (κ2) is 14.0. The van der Waals surface area contributed by atoms with E-state index in [0.29, 0.717) is 28.1 Å². The highest BCUT2D eigenvalue weighted by Crippen LogP contribution is 2.41. The fourth-order valence-corrected chi connectivity index (χ4v) is 8.57. The second-order valence-corrected chi connectivity index (χ2v) is 15.1. The van der Waals surface area contributed by atoms with Gasteiger partial charge in [-0.15, -0.1) is 0 Å². The summed E-state index contributed by atoms with van der Waals surface area (Å²) in [6, 6.07) is 38.9. The second-order valence-electron chi connectivity index (χ2n) is 15.1. The quantitative estimate of drug-likeness (QED) is 0.167. The van der Waals surface area contributed by atoms with Crippen molar-refractivity contribution < 1.29 is 23.9 Å². The smallest absolute Gasteiger partial charge is 0.164 e. The van der Waals surface area contributed by atoms with Crippen molar-refractivity contribution in [2.24, 2.45) is 0 Å². The normalized spacial score (nSPS) is 14.3. The Balaban J connectivity index is 1.05. The van der Waals surface area contributed by atoms with Crippen molar-refractivity contribution in [3.8, 4) is 62.1 Å². The molecule has 4 aromatic heterocycles. The molecule has 0 unspecified atom stereocenters. The number of aromatic nitrogens is 4. The average molecular weight is 818 g/mol. The molecule has 9 aromatic carbocycles. The molecular formula is C57H34N4O2. The third kappa shape index (κ3) is 5.69. The SMILES string of the molecule is [2H]c1cc2c(oc3c([2H])c([2H])cc(-c4nc(-c5ccc(-c6ccccc6)cc5)nc(-c5ccc6c(c5)oc5cccc(-c7ccccc7)c56)n4)c32)c([2H])c1-n1c2c([2H])cc([2H])c([2H])c2c2c([2H])c([2H])c([2H])c([2H])c21. The zero-order valence-electron chi connectivity index (χ0n) is 43.9. The van der Waals surface area contributed by atoms with E-state index in [9.17, 15) is 2.74 Å². The van der Waals surface area contributed by atoms with E-state index < -0.39 is 36.3 Å². The summed E-state index contributed by atoms with van der Waals surface area (Å²) in [7, 11) is 0. The Bertz CT molecular complexity index is 4560. The van der Waals surface area contributed by atoms with Crippen molar-refractivity contribution in [1.29, 1.82) is 0 Å². The minimum absolute atomic E-state index is 0.0970. The number of fused-ring (bicyclic) bond motifs is 9. The number of furan rings is 2. The minimum Gasteiger partial charge on any atom is -0.456 e. The molecule has 13 rings (SSSR count). The third-order valence-corrected chi connectivity index (χ3v) is 11.5. The molecule has 0 atom stereocenters. The molecule has 13 aromatic rings. The first-order valence-electron chi connectivity index (χ1n) is 25.7. The van der Waals surface area contributed by atoms with Crippen LogP contribution in [-0.2, 0) is 0 Å². The van der Waals surface area contributed by atoms with Crippen molar-refractivity contribution in [3.63, 3.8) is 0 Å². The first kappa shape index (κ1) is 25.9. The van der Waals surface area contributed by atoms with Crippen molar-refractivity contribution in [2.45, 2.75) is 0 Å². The first-order valence-corrected chi connectivity index (χ1v) is 20.2. The molecule has 63 heavy (non-hydrogen) atoms. The lowest BCUT2D eigenvalue weighted by atomic mass is 9.99. The van der Waals surface area contributed by atoms with E-state index >= 15 is 0 Å². The lowest BCUT2D eigenvalue weighted by molar-refractivity contribution is 0.668. The zero-order valence-corrected chi connectivity index (χ0v) is 32.9. The maximum Gasteiger partial charge on any atom is 0.164 e. The van der Waals surface area contributed by atoms with Gasteiger partial charge in [-0.05, 0) is 70.7 Å². The molecule has 6 nitrogen and oxygen atoms in total. The molecule has 6 heteroatoms. The van der Waals surface area contributed by atoms with Crippen LogP contribution in [0.5, 0.6) is 0 Å². The van der Waals surface area contributed by atoms with Crippen LogP contribution >= 0.6 is 0 Å². The molecule has 0 aliphatic carbocycles. The van der Waals surface area contributed by atoms with Crippen LogP contribution in [-0.4, -0.2) is 19.5 Å². The van der Waals surface area contributed by atoms with Crippen LogP contribution in [0.25, 0.3) is 128 Å². The molecule has 0 saturated carbocycles. The fourth-order valence-electron chi connectivity index (χ4n) is 8.57. The van der Waals surface area contributed by atoms with Gasteiger partial charge < -0.3 is 13.4 Å². The van der Waals surface area contributed by atoms with Crippen LogP contribution in [0, 0.1) is 0 Å². The van der Waals surface area contributed by atoms with Crippen LogP contribution < -0.4 is 0 Å². The molecule has 0 bridgehead atoms. The van der Waals surface area contributed by atoms with Gasteiger partial charge in [-0.2, -0.15) is 0 Å². The molecule has 294 valence electrons. The summed E-state index contributed by atoms with van der Waals surface area (Å²) >= 11 is 0. The molecule has 0 spiro atoms. The van der Waals surface area contributed by atoms with Crippen molar-refractivity contribution in [1.82, 2.24) is 19.5 Å². The van der Waals surface area contributed by atoms with Gasteiger partial charge in [0.25, 0.3) is 0 Å². The third-order valence-electron chi connectivity index (χ3n) is 11.5. The summed E-state index contributed by atoms with van der Waals surface area (Å²) in [5.41, 5.74) is 6.12.